The third kappa shape index (κ3) is 2.58. The summed E-state index contributed by atoms with van der Waals surface area (Å²) in [7, 11) is 0. The first-order valence-corrected chi connectivity index (χ1v) is 6.71. The van der Waals surface area contributed by atoms with Gasteiger partial charge in [-0.2, -0.15) is 4.98 Å². The molecule has 3 rings (SSSR count). The van der Waals surface area contributed by atoms with E-state index in [1.165, 1.54) is 6.07 Å². The number of nitrogens with zero attached hydrogens (tertiary/aromatic N) is 3. The van der Waals surface area contributed by atoms with E-state index < -0.39 is 4.92 Å². The Morgan fingerprint density at radius 2 is 1.91 bits per heavy atom. The third-order valence-corrected chi connectivity index (χ3v) is 3.34. The number of nitro groups is 1. The molecule has 1 heterocycles. The van der Waals surface area contributed by atoms with Crippen LogP contribution in [-0.2, 0) is 0 Å². The molecule has 0 saturated carbocycles. The van der Waals surface area contributed by atoms with E-state index in [1.807, 2.05) is 31.2 Å². The van der Waals surface area contributed by atoms with Gasteiger partial charge in [0.05, 0.1) is 4.92 Å². The van der Waals surface area contributed by atoms with Gasteiger partial charge in [-0.15, -0.1) is 0 Å². The highest BCUT2D eigenvalue weighted by Gasteiger charge is 2.15. The molecule has 0 aliphatic rings. The maximum absolute atomic E-state index is 10.8. The molecule has 0 bridgehead atoms. The Morgan fingerprint density at radius 1 is 1.09 bits per heavy atom. The molecule has 0 N–H and O–H groups in total. The van der Waals surface area contributed by atoms with Gasteiger partial charge in [0.15, 0.2) is 0 Å². The molecule has 0 spiro atoms. The van der Waals surface area contributed by atoms with E-state index in [9.17, 15) is 10.1 Å². The van der Waals surface area contributed by atoms with Crippen LogP contribution < -0.4 is 0 Å². The van der Waals surface area contributed by atoms with Gasteiger partial charge >= 0.3 is 0 Å². The lowest BCUT2D eigenvalue weighted by Crippen LogP contribution is -1.91. The van der Waals surface area contributed by atoms with E-state index in [0.29, 0.717) is 22.8 Å². The Bertz CT molecular complexity index is 855. The molecule has 0 aliphatic heterocycles. The van der Waals surface area contributed by atoms with Gasteiger partial charge < -0.3 is 4.52 Å². The molecule has 3 aromatic rings. The molecule has 0 saturated heterocycles. The number of aromatic nitrogens is 2. The molecule has 0 fully saturated rings. The molecule has 6 nitrogen and oxygen atoms in total. The largest absolute Gasteiger partial charge is 0.334 e. The van der Waals surface area contributed by atoms with Crippen molar-refractivity contribution in [3.05, 3.63) is 63.7 Å². The van der Waals surface area contributed by atoms with Gasteiger partial charge in [0.1, 0.15) is 0 Å². The Kier molecular flexibility index (Phi) is 3.42. The summed E-state index contributed by atoms with van der Waals surface area (Å²) in [6.07, 6.45) is 0. The van der Waals surface area contributed by atoms with Crippen LogP contribution in [0, 0.1) is 24.0 Å². The van der Waals surface area contributed by atoms with Crippen molar-refractivity contribution >= 4 is 5.69 Å². The number of nitro benzene ring substituents is 1. The quantitative estimate of drug-likeness (QED) is 0.540. The van der Waals surface area contributed by atoms with E-state index in [-0.39, 0.29) is 5.69 Å². The summed E-state index contributed by atoms with van der Waals surface area (Å²) < 4.78 is 5.27. The van der Waals surface area contributed by atoms with Gasteiger partial charge in [-0.05, 0) is 32.0 Å². The zero-order chi connectivity index (χ0) is 15.7. The van der Waals surface area contributed by atoms with E-state index in [4.69, 9.17) is 4.52 Å². The van der Waals surface area contributed by atoms with Gasteiger partial charge in [-0.3, -0.25) is 10.1 Å². The average molecular weight is 295 g/mol. The van der Waals surface area contributed by atoms with Gasteiger partial charge in [-0.1, -0.05) is 28.9 Å². The van der Waals surface area contributed by atoms with Gasteiger partial charge in [0.25, 0.3) is 11.6 Å². The van der Waals surface area contributed by atoms with Crippen molar-refractivity contribution in [2.45, 2.75) is 13.8 Å². The van der Waals surface area contributed by atoms with Gasteiger partial charge in [-0.25, -0.2) is 0 Å². The second-order valence-electron chi connectivity index (χ2n) is 5.05. The lowest BCUT2D eigenvalue weighted by atomic mass is 10.1. The second kappa shape index (κ2) is 5.40. The van der Waals surface area contributed by atoms with Crippen molar-refractivity contribution in [1.82, 2.24) is 10.1 Å². The Balaban J connectivity index is 1.97. The van der Waals surface area contributed by atoms with Crippen molar-refractivity contribution in [1.29, 1.82) is 0 Å². The second-order valence-corrected chi connectivity index (χ2v) is 5.05. The lowest BCUT2D eigenvalue weighted by Gasteiger charge is -1.98. The summed E-state index contributed by atoms with van der Waals surface area (Å²) in [5, 5.41) is 14.8. The van der Waals surface area contributed by atoms with Crippen LogP contribution in [0.25, 0.3) is 22.8 Å². The van der Waals surface area contributed by atoms with Crippen LogP contribution in [0.4, 0.5) is 5.69 Å². The van der Waals surface area contributed by atoms with Crippen LogP contribution in [0.5, 0.6) is 0 Å². The fourth-order valence-electron chi connectivity index (χ4n) is 2.24. The number of rotatable bonds is 3. The molecule has 0 aliphatic carbocycles. The first-order valence-electron chi connectivity index (χ1n) is 6.71. The smallest absolute Gasteiger partial charge is 0.272 e. The number of hydrogen-bond donors (Lipinski definition) is 0. The summed E-state index contributed by atoms with van der Waals surface area (Å²) in [4.78, 5) is 14.8. The van der Waals surface area contributed by atoms with Gasteiger partial charge in [0.2, 0.25) is 5.82 Å². The van der Waals surface area contributed by atoms with Crippen LogP contribution in [-0.4, -0.2) is 15.1 Å². The number of hydrogen-bond acceptors (Lipinski definition) is 5. The Labute approximate surface area is 126 Å². The Hall–Kier alpha value is -3.02. The third-order valence-electron chi connectivity index (χ3n) is 3.34. The molecule has 2 aromatic carbocycles. The topological polar surface area (TPSA) is 82.1 Å². The predicted molar refractivity (Wildman–Crippen MR) is 81.3 cm³/mol. The van der Waals surface area contributed by atoms with Crippen molar-refractivity contribution in [3.63, 3.8) is 0 Å². The average Bonchev–Trinajstić information content (AvgIpc) is 2.96. The van der Waals surface area contributed by atoms with Crippen LogP contribution >= 0.6 is 0 Å². The summed E-state index contributed by atoms with van der Waals surface area (Å²) >= 11 is 0. The van der Waals surface area contributed by atoms with E-state index in [1.54, 1.807) is 19.1 Å². The highest BCUT2D eigenvalue weighted by Crippen LogP contribution is 2.27. The van der Waals surface area contributed by atoms with Crippen molar-refractivity contribution in [2.75, 3.05) is 0 Å². The normalized spacial score (nSPS) is 10.6. The number of benzene rings is 2. The van der Waals surface area contributed by atoms with Crippen LogP contribution in [0.1, 0.15) is 11.1 Å². The standard InChI is InChI=1S/C16H13N3O3/c1-10-4-3-5-12(8-10)15-17-16(22-18-15)13-6-7-14(19(20)21)11(2)9-13/h3-9H,1-2H3. The zero-order valence-corrected chi connectivity index (χ0v) is 12.1. The zero-order valence-electron chi connectivity index (χ0n) is 12.1. The summed E-state index contributed by atoms with van der Waals surface area (Å²) in [5.41, 5.74) is 3.26. The molecular weight excluding hydrogens is 282 g/mol. The van der Waals surface area contributed by atoms with E-state index in [2.05, 4.69) is 10.1 Å². The molecule has 0 unspecified atom stereocenters. The van der Waals surface area contributed by atoms with Crippen LogP contribution in [0.3, 0.4) is 0 Å². The minimum atomic E-state index is -0.412. The summed E-state index contributed by atoms with van der Waals surface area (Å²) in [6, 6.07) is 12.5. The molecule has 22 heavy (non-hydrogen) atoms. The summed E-state index contributed by atoms with van der Waals surface area (Å²) in [6.45, 7) is 3.67. The lowest BCUT2D eigenvalue weighted by molar-refractivity contribution is -0.385. The number of aryl methyl sites for hydroxylation is 2. The maximum Gasteiger partial charge on any atom is 0.272 e. The molecule has 0 amide bonds. The Morgan fingerprint density at radius 3 is 2.59 bits per heavy atom. The van der Waals surface area contributed by atoms with Crippen molar-refractivity contribution in [2.24, 2.45) is 0 Å². The highest BCUT2D eigenvalue weighted by atomic mass is 16.6. The monoisotopic (exact) mass is 295 g/mol. The molecule has 0 atom stereocenters. The predicted octanol–water partition coefficient (Wildman–Crippen LogP) is 3.93. The molecule has 1 aromatic heterocycles. The highest BCUT2D eigenvalue weighted by molar-refractivity contribution is 5.62. The first-order chi connectivity index (χ1) is 10.5. The minimum Gasteiger partial charge on any atom is -0.334 e. The van der Waals surface area contributed by atoms with Gasteiger partial charge in [0, 0.05) is 22.8 Å². The van der Waals surface area contributed by atoms with Crippen LogP contribution in [0.2, 0.25) is 0 Å². The van der Waals surface area contributed by atoms with E-state index in [0.717, 1.165) is 11.1 Å². The maximum atomic E-state index is 10.8. The van der Waals surface area contributed by atoms with Crippen molar-refractivity contribution < 1.29 is 9.45 Å². The fourth-order valence-corrected chi connectivity index (χ4v) is 2.24. The van der Waals surface area contributed by atoms with Crippen LogP contribution in [0.15, 0.2) is 47.0 Å². The minimum absolute atomic E-state index is 0.0715. The van der Waals surface area contributed by atoms with E-state index >= 15 is 0 Å². The molecular formula is C16H13N3O3. The summed E-state index contributed by atoms with van der Waals surface area (Å²) in [5.74, 6) is 0.837. The molecule has 110 valence electrons. The first kappa shape index (κ1) is 13.9. The van der Waals surface area contributed by atoms with Crippen molar-refractivity contribution in [3.8, 4) is 22.8 Å². The molecule has 0 radical (unpaired) electrons. The molecule has 6 heteroatoms. The SMILES string of the molecule is Cc1cccc(-c2noc(-c3ccc([N+](=O)[O-])c(C)c3)n2)c1. The fraction of sp³-hybridized carbons (Fsp3) is 0.125.